The average molecular weight is 330 g/mol. The summed E-state index contributed by atoms with van der Waals surface area (Å²) in [4.78, 5) is 16.8. The number of aromatic nitrogens is 3. The summed E-state index contributed by atoms with van der Waals surface area (Å²) >= 11 is 1.38. The van der Waals surface area contributed by atoms with Crippen LogP contribution >= 0.6 is 11.3 Å². The van der Waals surface area contributed by atoms with Gasteiger partial charge in [0, 0.05) is 6.54 Å². The third-order valence-corrected chi connectivity index (χ3v) is 5.24. The number of hydrogen-bond donors (Lipinski definition) is 4. The van der Waals surface area contributed by atoms with Crippen molar-refractivity contribution in [3.05, 3.63) is 17.8 Å². The summed E-state index contributed by atoms with van der Waals surface area (Å²) in [5, 5.41) is 14.8. The number of thiazole rings is 1. The lowest BCUT2D eigenvalue weighted by atomic mass is 9.98. The molecule has 0 unspecified atom stereocenters. The average Bonchev–Trinajstić information content (AvgIpc) is 3.15. The first-order valence-corrected chi connectivity index (χ1v) is 8.56. The first kappa shape index (κ1) is 14.4. The maximum Gasteiger partial charge on any atom is 0.272 e. The fourth-order valence-electron chi connectivity index (χ4n) is 3.08. The topological polar surface area (TPSA) is 109 Å². The number of nitrogens with two attached hydrogens (primary N) is 1. The van der Waals surface area contributed by atoms with Crippen LogP contribution < -0.4 is 16.4 Å². The fourth-order valence-corrected chi connectivity index (χ4v) is 3.96. The number of carbonyl (C=O) groups excluding carboxylic acids is 1. The highest BCUT2D eigenvalue weighted by Gasteiger charge is 2.20. The van der Waals surface area contributed by atoms with Crippen molar-refractivity contribution in [2.24, 2.45) is 5.92 Å². The van der Waals surface area contributed by atoms with Crippen molar-refractivity contribution < 1.29 is 4.79 Å². The molecule has 1 aliphatic heterocycles. The standard InChI is InChI=1S/C15H18N6OS/c16-15-19-10-2-1-9-11(13(10)23-15)12(21-20-9)14(22)18-7-8-3-5-17-6-4-8/h1-2,8,17H,3-7H2,(H2,16,19)(H,18,22)(H,20,21). The summed E-state index contributed by atoms with van der Waals surface area (Å²) in [5.41, 5.74) is 7.85. The van der Waals surface area contributed by atoms with Gasteiger partial charge >= 0.3 is 0 Å². The Hall–Kier alpha value is -2.19. The van der Waals surface area contributed by atoms with E-state index in [2.05, 4.69) is 25.8 Å². The van der Waals surface area contributed by atoms with Gasteiger partial charge in [-0.1, -0.05) is 11.3 Å². The number of piperidine rings is 1. The highest BCUT2D eigenvalue weighted by Crippen LogP contribution is 2.32. The fraction of sp³-hybridized carbons (Fsp3) is 0.400. The highest BCUT2D eigenvalue weighted by molar-refractivity contribution is 7.23. The van der Waals surface area contributed by atoms with E-state index in [0.29, 0.717) is 23.3 Å². The Morgan fingerprint density at radius 1 is 1.39 bits per heavy atom. The van der Waals surface area contributed by atoms with Crippen LogP contribution in [-0.4, -0.2) is 40.7 Å². The number of nitrogens with zero attached hydrogens (tertiary/aromatic N) is 2. The summed E-state index contributed by atoms with van der Waals surface area (Å²) in [7, 11) is 0. The molecule has 23 heavy (non-hydrogen) atoms. The summed E-state index contributed by atoms with van der Waals surface area (Å²) in [6.45, 7) is 2.73. The molecule has 1 fully saturated rings. The van der Waals surface area contributed by atoms with Gasteiger partial charge in [0.05, 0.1) is 21.1 Å². The first-order valence-electron chi connectivity index (χ1n) is 7.74. The van der Waals surface area contributed by atoms with Crippen LogP contribution in [0.25, 0.3) is 21.1 Å². The van der Waals surface area contributed by atoms with E-state index in [-0.39, 0.29) is 5.91 Å². The lowest BCUT2D eigenvalue weighted by molar-refractivity contribution is 0.0941. The molecule has 3 heterocycles. The van der Waals surface area contributed by atoms with Gasteiger partial charge in [0.15, 0.2) is 10.8 Å². The van der Waals surface area contributed by atoms with Crippen molar-refractivity contribution in [1.82, 2.24) is 25.8 Å². The number of H-pyrrole nitrogens is 1. The third kappa shape index (κ3) is 2.64. The van der Waals surface area contributed by atoms with Gasteiger partial charge in [-0.25, -0.2) is 4.98 Å². The zero-order valence-corrected chi connectivity index (χ0v) is 13.4. The van der Waals surface area contributed by atoms with Crippen LogP contribution in [0.5, 0.6) is 0 Å². The van der Waals surface area contributed by atoms with Crippen molar-refractivity contribution in [2.75, 3.05) is 25.4 Å². The molecule has 3 aromatic rings. The minimum atomic E-state index is -0.144. The van der Waals surface area contributed by atoms with Crippen molar-refractivity contribution in [3.63, 3.8) is 0 Å². The molecule has 0 aliphatic carbocycles. The van der Waals surface area contributed by atoms with E-state index in [1.54, 1.807) is 0 Å². The molecule has 1 saturated heterocycles. The zero-order valence-electron chi connectivity index (χ0n) is 12.6. The monoisotopic (exact) mass is 330 g/mol. The highest BCUT2D eigenvalue weighted by atomic mass is 32.1. The summed E-state index contributed by atoms with van der Waals surface area (Å²) in [6, 6.07) is 3.77. The molecule has 8 heteroatoms. The molecular weight excluding hydrogens is 312 g/mol. The number of anilines is 1. The number of nitrogen functional groups attached to an aromatic ring is 1. The summed E-state index contributed by atoms with van der Waals surface area (Å²) in [5.74, 6) is 0.388. The van der Waals surface area contributed by atoms with Crippen LogP contribution in [0.2, 0.25) is 0 Å². The second-order valence-corrected chi connectivity index (χ2v) is 6.89. The minimum Gasteiger partial charge on any atom is -0.375 e. The predicted octanol–water partition coefficient (Wildman–Crippen LogP) is 1.48. The normalized spacial score (nSPS) is 16.2. The Morgan fingerprint density at radius 2 is 2.22 bits per heavy atom. The number of aromatic amines is 1. The van der Waals surface area contributed by atoms with Gasteiger partial charge in [-0.3, -0.25) is 9.89 Å². The third-order valence-electron chi connectivity index (χ3n) is 4.32. The van der Waals surface area contributed by atoms with Gasteiger partial charge in [0.2, 0.25) is 0 Å². The number of fused-ring (bicyclic) bond motifs is 3. The van der Waals surface area contributed by atoms with Gasteiger partial charge in [0.25, 0.3) is 5.91 Å². The molecule has 0 atom stereocenters. The quantitative estimate of drug-likeness (QED) is 0.582. The Morgan fingerprint density at radius 3 is 3.04 bits per heavy atom. The molecule has 7 nitrogen and oxygen atoms in total. The van der Waals surface area contributed by atoms with E-state index in [9.17, 15) is 4.79 Å². The van der Waals surface area contributed by atoms with Gasteiger partial charge in [-0.05, 0) is 44.0 Å². The maximum atomic E-state index is 12.6. The number of hydrogen-bond acceptors (Lipinski definition) is 6. The van der Waals surface area contributed by atoms with Gasteiger partial charge in [-0.15, -0.1) is 0 Å². The molecule has 1 amide bonds. The van der Waals surface area contributed by atoms with Crippen LogP contribution in [0.4, 0.5) is 5.13 Å². The van der Waals surface area contributed by atoms with Crippen molar-refractivity contribution in [2.45, 2.75) is 12.8 Å². The lowest BCUT2D eigenvalue weighted by Gasteiger charge is -2.22. The second-order valence-electron chi connectivity index (χ2n) is 5.86. The Labute approximate surface area is 136 Å². The number of benzene rings is 1. The van der Waals surface area contributed by atoms with E-state index in [4.69, 9.17) is 5.73 Å². The molecule has 0 bridgehead atoms. The minimum absolute atomic E-state index is 0.144. The molecule has 4 rings (SSSR count). The Bertz CT molecular complexity index is 863. The number of rotatable bonds is 3. The van der Waals surface area contributed by atoms with Crippen molar-refractivity contribution in [1.29, 1.82) is 0 Å². The van der Waals surface area contributed by atoms with Crippen LogP contribution in [0.3, 0.4) is 0 Å². The largest absolute Gasteiger partial charge is 0.375 e. The van der Waals surface area contributed by atoms with E-state index < -0.39 is 0 Å². The summed E-state index contributed by atoms with van der Waals surface area (Å²) in [6.07, 6.45) is 2.19. The number of carbonyl (C=O) groups is 1. The molecule has 120 valence electrons. The Balaban J connectivity index is 1.62. The maximum absolute atomic E-state index is 12.6. The van der Waals surface area contributed by atoms with Crippen LogP contribution in [0, 0.1) is 5.92 Å². The molecule has 0 saturated carbocycles. The van der Waals surface area contributed by atoms with E-state index in [0.717, 1.165) is 47.1 Å². The molecule has 5 N–H and O–H groups in total. The lowest BCUT2D eigenvalue weighted by Crippen LogP contribution is -2.36. The van der Waals surface area contributed by atoms with E-state index in [1.807, 2.05) is 12.1 Å². The molecule has 2 aromatic heterocycles. The van der Waals surface area contributed by atoms with Gasteiger partial charge in [0.1, 0.15) is 0 Å². The SMILES string of the molecule is Nc1nc2ccc3[nH]nc(C(=O)NCC4CCNCC4)c3c2s1. The predicted molar refractivity (Wildman–Crippen MR) is 91.6 cm³/mol. The number of nitrogens with one attached hydrogen (secondary N) is 3. The molecule has 0 spiro atoms. The molecule has 0 radical (unpaired) electrons. The van der Waals surface area contributed by atoms with Gasteiger partial charge < -0.3 is 16.4 Å². The van der Waals surface area contributed by atoms with Crippen molar-refractivity contribution >= 4 is 43.5 Å². The van der Waals surface area contributed by atoms with Crippen LogP contribution in [0.1, 0.15) is 23.3 Å². The van der Waals surface area contributed by atoms with Crippen LogP contribution in [-0.2, 0) is 0 Å². The Kier molecular flexibility index (Phi) is 3.62. The van der Waals surface area contributed by atoms with E-state index >= 15 is 0 Å². The summed E-state index contributed by atoms with van der Waals surface area (Å²) < 4.78 is 0.903. The van der Waals surface area contributed by atoms with Crippen LogP contribution in [0.15, 0.2) is 12.1 Å². The molecule has 1 aromatic carbocycles. The zero-order chi connectivity index (χ0) is 15.8. The molecular formula is C15H18N6OS. The second kappa shape index (κ2) is 5.78. The molecule has 1 aliphatic rings. The van der Waals surface area contributed by atoms with Gasteiger partial charge in [-0.2, -0.15) is 5.10 Å². The van der Waals surface area contributed by atoms with E-state index in [1.165, 1.54) is 11.3 Å². The van der Waals surface area contributed by atoms with Crippen molar-refractivity contribution in [3.8, 4) is 0 Å². The smallest absolute Gasteiger partial charge is 0.272 e. The first-order chi connectivity index (χ1) is 11.2. The number of amides is 1.